The van der Waals surface area contributed by atoms with Crippen molar-refractivity contribution >= 4 is 6.08 Å². The molecule has 1 aliphatic heterocycles. The van der Waals surface area contributed by atoms with E-state index in [4.69, 9.17) is 13.9 Å². The molecule has 0 bridgehead atoms. The highest BCUT2D eigenvalue weighted by Gasteiger charge is 2.25. The molecule has 3 heteroatoms. The Hall–Kier alpha value is -1.84. The van der Waals surface area contributed by atoms with Crippen molar-refractivity contribution in [3.05, 3.63) is 66.1 Å². The van der Waals surface area contributed by atoms with E-state index in [1.54, 1.807) is 6.26 Å². The lowest BCUT2D eigenvalue weighted by Gasteiger charge is -2.08. The van der Waals surface area contributed by atoms with Crippen molar-refractivity contribution in [3.8, 4) is 0 Å². The van der Waals surface area contributed by atoms with Crippen LogP contribution < -0.4 is 0 Å². The molecular weight excluding hydrogens is 228 g/mol. The molecular formula is C15H14O3. The van der Waals surface area contributed by atoms with Crippen LogP contribution in [-0.2, 0) is 9.47 Å². The summed E-state index contributed by atoms with van der Waals surface area (Å²) in [6.07, 6.45) is 5.07. The minimum Gasteiger partial charge on any atom is -0.465 e. The number of ether oxygens (including phenoxy) is 2. The van der Waals surface area contributed by atoms with Gasteiger partial charge in [0.25, 0.3) is 0 Å². The van der Waals surface area contributed by atoms with Crippen molar-refractivity contribution in [1.29, 1.82) is 0 Å². The van der Waals surface area contributed by atoms with Gasteiger partial charge >= 0.3 is 0 Å². The third-order valence-corrected chi connectivity index (χ3v) is 2.84. The summed E-state index contributed by atoms with van der Waals surface area (Å²) >= 11 is 0. The molecule has 0 saturated carbocycles. The lowest BCUT2D eigenvalue weighted by atomic mass is 10.1. The summed E-state index contributed by atoms with van der Waals surface area (Å²) in [4.78, 5) is 0. The third-order valence-electron chi connectivity index (χ3n) is 2.84. The van der Waals surface area contributed by atoms with Gasteiger partial charge in [-0.05, 0) is 29.8 Å². The highest BCUT2D eigenvalue weighted by Crippen LogP contribution is 2.26. The first-order chi connectivity index (χ1) is 8.92. The second-order valence-electron chi connectivity index (χ2n) is 4.11. The van der Waals surface area contributed by atoms with Gasteiger partial charge in [0.2, 0.25) is 0 Å². The van der Waals surface area contributed by atoms with Gasteiger partial charge in [-0.3, -0.25) is 0 Å². The number of furan rings is 1. The first kappa shape index (κ1) is 11.3. The minimum atomic E-state index is -0.305. The van der Waals surface area contributed by atoms with E-state index in [9.17, 15) is 0 Å². The molecule has 3 nitrogen and oxygen atoms in total. The van der Waals surface area contributed by atoms with E-state index in [1.807, 2.05) is 54.6 Å². The van der Waals surface area contributed by atoms with E-state index in [2.05, 4.69) is 0 Å². The first-order valence-electron chi connectivity index (χ1n) is 5.95. The molecule has 3 rings (SSSR count). The van der Waals surface area contributed by atoms with Crippen molar-refractivity contribution < 1.29 is 13.9 Å². The summed E-state index contributed by atoms with van der Waals surface area (Å²) in [5, 5.41) is 0. The summed E-state index contributed by atoms with van der Waals surface area (Å²) in [5.74, 6) is 0.797. The van der Waals surface area contributed by atoms with E-state index in [0.717, 1.165) is 11.3 Å². The summed E-state index contributed by atoms with van der Waals surface area (Å²) in [6, 6.07) is 13.8. The SMILES string of the molecule is C(=C/C1OCC(c2ccccc2)O1)/c1ccco1. The lowest BCUT2D eigenvalue weighted by Crippen LogP contribution is -2.03. The van der Waals surface area contributed by atoms with Crippen LogP contribution in [0.25, 0.3) is 6.08 Å². The monoisotopic (exact) mass is 242 g/mol. The maximum atomic E-state index is 5.80. The van der Waals surface area contributed by atoms with Gasteiger partial charge in [0.1, 0.15) is 11.9 Å². The highest BCUT2D eigenvalue weighted by molar-refractivity contribution is 5.42. The summed E-state index contributed by atoms with van der Waals surface area (Å²) < 4.78 is 16.6. The lowest BCUT2D eigenvalue weighted by molar-refractivity contribution is -0.0195. The number of hydrogen-bond donors (Lipinski definition) is 0. The van der Waals surface area contributed by atoms with Gasteiger partial charge in [-0.1, -0.05) is 30.3 Å². The van der Waals surface area contributed by atoms with Gasteiger partial charge in [0, 0.05) is 0 Å². The molecule has 1 aromatic carbocycles. The van der Waals surface area contributed by atoms with E-state index in [-0.39, 0.29) is 12.4 Å². The molecule has 2 unspecified atom stereocenters. The molecule has 0 N–H and O–H groups in total. The predicted molar refractivity (Wildman–Crippen MR) is 67.8 cm³/mol. The van der Waals surface area contributed by atoms with Crippen LogP contribution in [0.1, 0.15) is 17.4 Å². The first-order valence-corrected chi connectivity index (χ1v) is 5.95. The fraction of sp³-hybridized carbons (Fsp3) is 0.200. The second-order valence-corrected chi connectivity index (χ2v) is 4.11. The molecule has 2 heterocycles. The number of rotatable bonds is 3. The van der Waals surface area contributed by atoms with E-state index in [0.29, 0.717) is 6.61 Å². The number of benzene rings is 1. The van der Waals surface area contributed by atoms with E-state index >= 15 is 0 Å². The Morgan fingerprint density at radius 3 is 2.72 bits per heavy atom. The van der Waals surface area contributed by atoms with Crippen molar-refractivity contribution in [2.24, 2.45) is 0 Å². The van der Waals surface area contributed by atoms with Crippen molar-refractivity contribution in [3.63, 3.8) is 0 Å². The van der Waals surface area contributed by atoms with Gasteiger partial charge in [0.05, 0.1) is 12.9 Å². The third kappa shape index (κ3) is 2.53. The molecule has 1 fully saturated rings. The van der Waals surface area contributed by atoms with Crippen LogP contribution >= 0.6 is 0 Å². The Balaban J connectivity index is 1.62. The quantitative estimate of drug-likeness (QED) is 0.826. The maximum absolute atomic E-state index is 5.80. The standard InChI is InChI=1S/C15H14O3/c1-2-5-12(6-3-1)14-11-17-15(18-14)9-8-13-7-4-10-16-13/h1-10,14-15H,11H2/b9-8-. The van der Waals surface area contributed by atoms with Crippen LogP contribution in [0, 0.1) is 0 Å². The van der Waals surface area contributed by atoms with Gasteiger partial charge in [-0.25, -0.2) is 0 Å². The van der Waals surface area contributed by atoms with Gasteiger partial charge < -0.3 is 13.9 Å². The molecule has 0 aliphatic carbocycles. The Morgan fingerprint density at radius 1 is 1.06 bits per heavy atom. The molecule has 1 saturated heterocycles. The Kier molecular flexibility index (Phi) is 3.26. The summed E-state index contributed by atoms with van der Waals surface area (Å²) in [7, 11) is 0. The molecule has 2 atom stereocenters. The zero-order valence-corrected chi connectivity index (χ0v) is 9.86. The predicted octanol–water partition coefficient (Wildman–Crippen LogP) is 3.41. The topological polar surface area (TPSA) is 31.6 Å². The van der Waals surface area contributed by atoms with Crippen LogP contribution in [0.3, 0.4) is 0 Å². The van der Waals surface area contributed by atoms with Crippen molar-refractivity contribution in [2.75, 3.05) is 6.61 Å². The van der Waals surface area contributed by atoms with E-state index < -0.39 is 0 Å². The molecule has 0 amide bonds. The van der Waals surface area contributed by atoms with Crippen LogP contribution in [0.4, 0.5) is 0 Å². The average Bonchev–Trinajstić information content (AvgIpc) is 3.09. The molecule has 18 heavy (non-hydrogen) atoms. The molecule has 92 valence electrons. The van der Waals surface area contributed by atoms with Gasteiger partial charge in [0.15, 0.2) is 6.29 Å². The van der Waals surface area contributed by atoms with Crippen LogP contribution in [-0.4, -0.2) is 12.9 Å². The van der Waals surface area contributed by atoms with Crippen LogP contribution in [0.5, 0.6) is 0 Å². The Morgan fingerprint density at radius 2 is 1.94 bits per heavy atom. The zero-order valence-electron chi connectivity index (χ0n) is 9.86. The highest BCUT2D eigenvalue weighted by atomic mass is 16.7. The molecule has 0 radical (unpaired) electrons. The molecule has 1 aliphatic rings. The summed E-state index contributed by atoms with van der Waals surface area (Å²) in [6.45, 7) is 0.581. The second kappa shape index (κ2) is 5.21. The molecule has 1 aromatic heterocycles. The van der Waals surface area contributed by atoms with E-state index in [1.165, 1.54) is 0 Å². The molecule has 0 spiro atoms. The largest absolute Gasteiger partial charge is 0.465 e. The average molecular weight is 242 g/mol. The van der Waals surface area contributed by atoms with Crippen LogP contribution in [0.15, 0.2) is 59.2 Å². The number of hydrogen-bond acceptors (Lipinski definition) is 3. The zero-order chi connectivity index (χ0) is 12.2. The Labute approximate surface area is 106 Å². The van der Waals surface area contributed by atoms with Crippen molar-refractivity contribution in [1.82, 2.24) is 0 Å². The fourth-order valence-corrected chi connectivity index (χ4v) is 1.93. The Bertz CT molecular complexity index is 502. The smallest absolute Gasteiger partial charge is 0.178 e. The maximum Gasteiger partial charge on any atom is 0.178 e. The van der Waals surface area contributed by atoms with Crippen molar-refractivity contribution in [2.45, 2.75) is 12.4 Å². The normalized spacial score (nSPS) is 23.8. The van der Waals surface area contributed by atoms with Gasteiger partial charge in [-0.15, -0.1) is 0 Å². The molecule has 2 aromatic rings. The van der Waals surface area contributed by atoms with Gasteiger partial charge in [-0.2, -0.15) is 0 Å². The minimum absolute atomic E-state index is 0.0115. The summed E-state index contributed by atoms with van der Waals surface area (Å²) in [5.41, 5.74) is 1.14. The van der Waals surface area contributed by atoms with Crippen LogP contribution in [0.2, 0.25) is 0 Å². The fourth-order valence-electron chi connectivity index (χ4n) is 1.93.